The lowest BCUT2D eigenvalue weighted by atomic mass is 9.90. The summed E-state index contributed by atoms with van der Waals surface area (Å²) in [4.78, 5) is 11.6. The van der Waals surface area contributed by atoms with Crippen molar-refractivity contribution in [1.82, 2.24) is 15.8 Å². The van der Waals surface area contributed by atoms with Gasteiger partial charge in [0.1, 0.15) is 0 Å². The summed E-state index contributed by atoms with van der Waals surface area (Å²) in [6.45, 7) is 0. The molecule has 0 aromatic carbocycles. The molecule has 0 aromatic rings. The second-order valence-corrected chi connectivity index (χ2v) is 5.68. The summed E-state index contributed by atoms with van der Waals surface area (Å²) >= 11 is 0. The van der Waals surface area contributed by atoms with Crippen LogP contribution in [-0.2, 0) is 0 Å². The number of hydrogen-bond donors (Lipinski definition) is 2. The van der Waals surface area contributed by atoms with Crippen LogP contribution in [0.1, 0.15) is 64.2 Å². The zero-order valence-electron chi connectivity index (χ0n) is 11.6. The molecule has 2 amide bonds. The van der Waals surface area contributed by atoms with E-state index in [-0.39, 0.29) is 6.03 Å². The highest BCUT2D eigenvalue weighted by atomic mass is 16.2. The first-order valence-corrected chi connectivity index (χ1v) is 7.58. The van der Waals surface area contributed by atoms with Crippen molar-refractivity contribution in [3.63, 3.8) is 0 Å². The summed E-state index contributed by atoms with van der Waals surface area (Å²) in [5.74, 6) is 0. The average molecular weight is 253 g/mol. The first-order chi connectivity index (χ1) is 8.81. The molecule has 4 heteroatoms. The Labute approximate surface area is 110 Å². The molecule has 2 saturated carbocycles. The predicted octanol–water partition coefficient (Wildman–Crippen LogP) is 2.80. The van der Waals surface area contributed by atoms with Gasteiger partial charge in [0.25, 0.3) is 0 Å². The average Bonchev–Trinajstić information content (AvgIpc) is 2.46. The van der Waals surface area contributed by atoms with Gasteiger partial charge in [-0.05, 0) is 25.7 Å². The lowest BCUT2D eigenvalue weighted by molar-refractivity contribution is 0.0423. The van der Waals surface area contributed by atoms with Gasteiger partial charge in [0.2, 0.25) is 0 Å². The van der Waals surface area contributed by atoms with E-state index < -0.39 is 0 Å². The second kappa shape index (κ2) is 6.98. The lowest BCUT2D eigenvalue weighted by Crippen LogP contribution is -2.56. The summed E-state index contributed by atoms with van der Waals surface area (Å²) in [6.07, 6.45) is 12.9. The zero-order chi connectivity index (χ0) is 12.8. The normalized spacial score (nSPS) is 23.0. The van der Waals surface area contributed by atoms with E-state index in [1.54, 1.807) is 7.05 Å². The summed E-state index contributed by atoms with van der Waals surface area (Å²) < 4.78 is 0. The Morgan fingerprint density at radius 2 is 1.33 bits per heavy atom. The van der Waals surface area contributed by atoms with E-state index in [2.05, 4.69) is 15.8 Å². The summed E-state index contributed by atoms with van der Waals surface area (Å²) in [7, 11) is 1.69. The Hall–Kier alpha value is -0.770. The molecule has 2 aliphatic carbocycles. The molecule has 2 N–H and O–H groups in total. The van der Waals surface area contributed by atoms with Crippen molar-refractivity contribution in [3.05, 3.63) is 0 Å². The van der Waals surface area contributed by atoms with Gasteiger partial charge in [-0.15, -0.1) is 0 Å². The number of hydrazine groups is 1. The molecule has 4 nitrogen and oxygen atoms in total. The monoisotopic (exact) mass is 253 g/mol. The van der Waals surface area contributed by atoms with Gasteiger partial charge in [-0.25, -0.2) is 9.80 Å². The van der Waals surface area contributed by atoms with Crippen molar-refractivity contribution in [2.75, 3.05) is 7.05 Å². The van der Waals surface area contributed by atoms with Crippen molar-refractivity contribution in [3.8, 4) is 0 Å². The molecule has 2 fully saturated rings. The number of nitrogens with zero attached hydrogens (tertiary/aromatic N) is 1. The molecule has 0 aromatic heterocycles. The molecule has 2 aliphatic rings. The third-order valence-corrected chi connectivity index (χ3v) is 4.39. The van der Waals surface area contributed by atoms with E-state index in [1.165, 1.54) is 64.2 Å². The highest BCUT2D eigenvalue weighted by molar-refractivity contribution is 5.72. The quantitative estimate of drug-likeness (QED) is 0.760. The largest absolute Gasteiger partial charge is 0.340 e. The Kier molecular flexibility index (Phi) is 5.29. The minimum Gasteiger partial charge on any atom is -0.340 e. The van der Waals surface area contributed by atoms with Crippen LogP contribution in [0, 0.1) is 0 Å². The molecule has 0 atom stereocenters. The number of carbonyl (C=O) groups excluding carboxylic acids is 1. The third kappa shape index (κ3) is 3.61. The summed E-state index contributed by atoms with van der Waals surface area (Å²) in [5, 5.41) is 4.97. The van der Waals surface area contributed by atoms with Crippen LogP contribution in [0.3, 0.4) is 0 Å². The number of amides is 2. The Morgan fingerprint density at radius 3 is 1.72 bits per heavy atom. The number of rotatable bonds is 3. The summed E-state index contributed by atoms with van der Waals surface area (Å²) in [6, 6.07) is 1.05. The van der Waals surface area contributed by atoms with Crippen molar-refractivity contribution in [2.45, 2.75) is 76.3 Å². The molecule has 0 spiro atoms. The lowest BCUT2D eigenvalue weighted by Gasteiger charge is -2.41. The maximum Gasteiger partial charge on any atom is 0.329 e. The molecule has 104 valence electrons. The molecule has 0 aliphatic heterocycles. The number of hydrogen-bond acceptors (Lipinski definition) is 2. The van der Waals surface area contributed by atoms with Gasteiger partial charge >= 0.3 is 6.03 Å². The fraction of sp³-hybridized carbons (Fsp3) is 0.929. The van der Waals surface area contributed by atoms with Crippen LogP contribution in [0.15, 0.2) is 0 Å². The Morgan fingerprint density at radius 1 is 0.889 bits per heavy atom. The van der Waals surface area contributed by atoms with Gasteiger partial charge in [-0.3, -0.25) is 5.43 Å². The molecule has 0 radical (unpaired) electrons. The van der Waals surface area contributed by atoms with E-state index in [0.29, 0.717) is 12.1 Å². The van der Waals surface area contributed by atoms with Gasteiger partial charge in [0.05, 0.1) is 0 Å². The van der Waals surface area contributed by atoms with Crippen LogP contribution in [0.2, 0.25) is 0 Å². The second-order valence-electron chi connectivity index (χ2n) is 5.68. The molecule has 0 bridgehead atoms. The zero-order valence-corrected chi connectivity index (χ0v) is 11.6. The first-order valence-electron chi connectivity index (χ1n) is 7.58. The van der Waals surface area contributed by atoms with E-state index in [4.69, 9.17) is 0 Å². The minimum absolute atomic E-state index is 0.0638. The number of carbonyl (C=O) groups is 1. The van der Waals surface area contributed by atoms with Crippen molar-refractivity contribution in [1.29, 1.82) is 0 Å². The topological polar surface area (TPSA) is 44.4 Å². The minimum atomic E-state index is -0.0638. The van der Waals surface area contributed by atoms with Crippen LogP contribution >= 0.6 is 0 Å². The molecule has 0 unspecified atom stereocenters. The first kappa shape index (κ1) is 13.7. The van der Waals surface area contributed by atoms with Crippen LogP contribution in [0.4, 0.5) is 4.79 Å². The van der Waals surface area contributed by atoms with Gasteiger partial charge in [0.15, 0.2) is 0 Å². The molecular formula is C14H27N3O. The molecule has 0 heterocycles. The van der Waals surface area contributed by atoms with Gasteiger partial charge < -0.3 is 5.32 Å². The fourth-order valence-electron chi connectivity index (χ4n) is 3.37. The smallest absolute Gasteiger partial charge is 0.329 e. The summed E-state index contributed by atoms with van der Waals surface area (Å²) in [5.41, 5.74) is 3.09. The predicted molar refractivity (Wildman–Crippen MR) is 73.2 cm³/mol. The fourth-order valence-corrected chi connectivity index (χ4v) is 3.37. The standard InChI is InChI=1S/C14H27N3O/c1-15-14(18)16-17(12-8-4-2-5-9-12)13-10-6-3-7-11-13/h12-13H,2-11H2,1H3,(H2,15,16,18). The van der Waals surface area contributed by atoms with Crippen LogP contribution < -0.4 is 10.7 Å². The van der Waals surface area contributed by atoms with E-state index in [1.807, 2.05) is 0 Å². The van der Waals surface area contributed by atoms with Gasteiger partial charge in [-0.1, -0.05) is 38.5 Å². The van der Waals surface area contributed by atoms with Crippen LogP contribution in [0.25, 0.3) is 0 Å². The van der Waals surface area contributed by atoms with Gasteiger partial charge in [0, 0.05) is 19.1 Å². The van der Waals surface area contributed by atoms with Crippen LogP contribution in [-0.4, -0.2) is 30.2 Å². The van der Waals surface area contributed by atoms with Gasteiger partial charge in [-0.2, -0.15) is 0 Å². The third-order valence-electron chi connectivity index (χ3n) is 4.39. The Balaban J connectivity index is 1.97. The highest BCUT2D eigenvalue weighted by Gasteiger charge is 2.29. The maximum atomic E-state index is 11.6. The number of urea groups is 1. The number of nitrogens with one attached hydrogen (secondary N) is 2. The molecular weight excluding hydrogens is 226 g/mol. The molecule has 0 saturated heterocycles. The Bertz CT molecular complexity index is 240. The van der Waals surface area contributed by atoms with Crippen LogP contribution in [0.5, 0.6) is 0 Å². The molecule has 18 heavy (non-hydrogen) atoms. The van der Waals surface area contributed by atoms with Crippen molar-refractivity contribution < 1.29 is 4.79 Å². The van der Waals surface area contributed by atoms with Crippen molar-refractivity contribution in [2.24, 2.45) is 0 Å². The van der Waals surface area contributed by atoms with E-state index in [9.17, 15) is 4.79 Å². The molecule has 2 rings (SSSR count). The maximum absolute atomic E-state index is 11.6. The van der Waals surface area contributed by atoms with E-state index in [0.717, 1.165) is 0 Å². The highest BCUT2D eigenvalue weighted by Crippen LogP contribution is 2.28. The van der Waals surface area contributed by atoms with E-state index >= 15 is 0 Å². The van der Waals surface area contributed by atoms with Crippen molar-refractivity contribution >= 4 is 6.03 Å². The SMILES string of the molecule is CNC(=O)NN(C1CCCCC1)C1CCCCC1.